The van der Waals surface area contributed by atoms with Gasteiger partial charge in [0.05, 0.1) is 43.3 Å². The van der Waals surface area contributed by atoms with Gasteiger partial charge in [0.2, 0.25) is 10.0 Å². The molecule has 224 valence electrons. The number of hydrogen-bond acceptors (Lipinski definition) is 8. The van der Waals surface area contributed by atoms with Crippen LogP contribution >= 0.6 is 0 Å². The van der Waals surface area contributed by atoms with E-state index in [1.54, 1.807) is 19.1 Å². The predicted octanol–water partition coefficient (Wildman–Crippen LogP) is 3.19. The van der Waals surface area contributed by atoms with Crippen molar-refractivity contribution in [2.75, 3.05) is 26.9 Å². The van der Waals surface area contributed by atoms with E-state index in [9.17, 15) is 18.3 Å². The Morgan fingerprint density at radius 3 is 2.44 bits per heavy atom. The van der Waals surface area contributed by atoms with E-state index in [1.165, 1.54) is 23.5 Å². The topological polar surface area (TPSA) is 124 Å². The Hall–Kier alpha value is -2.70. The van der Waals surface area contributed by atoms with Crippen LogP contribution in [0.25, 0.3) is 0 Å². The van der Waals surface area contributed by atoms with Gasteiger partial charge in [0, 0.05) is 18.5 Å². The minimum absolute atomic E-state index is 0.00697. The number of carbonyl (C=O) groups is 1. The molecular weight excluding hydrogens is 548 g/mol. The fraction of sp³-hybridized carbons (Fsp3) is 0.567. The van der Waals surface area contributed by atoms with Gasteiger partial charge >= 0.3 is 6.09 Å². The average molecular weight is 589 g/mol. The van der Waals surface area contributed by atoms with Gasteiger partial charge in [0.15, 0.2) is 6.29 Å². The first kappa shape index (κ1) is 29.8. The molecule has 8 atom stereocenters. The van der Waals surface area contributed by atoms with Crippen molar-refractivity contribution in [3.05, 3.63) is 60.2 Å². The van der Waals surface area contributed by atoms with Crippen LogP contribution in [0.3, 0.4) is 0 Å². The molecule has 2 aliphatic heterocycles. The van der Waals surface area contributed by atoms with E-state index in [0.29, 0.717) is 37.7 Å². The van der Waals surface area contributed by atoms with Gasteiger partial charge < -0.3 is 29.4 Å². The molecule has 1 aliphatic carbocycles. The monoisotopic (exact) mass is 588 g/mol. The molecule has 41 heavy (non-hydrogen) atoms. The van der Waals surface area contributed by atoms with E-state index in [0.717, 1.165) is 12.0 Å². The lowest BCUT2D eigenvalue weighted by Crippen LogP contribution is -2.53. The van der Waals surface area contributed by atoms with E-state index in [1.807, 2.05) is 37.3 Å². The van der Waals surface area contributed by atoms with Crippen LogP contribution in [0.4, 0.5) is 4.79 Å². The summed E-state index contributed by atoms with van der Waals surface area (Å²) in [6.45, 7) is 4.58. The van der Waals surface area contributed by atoms with Gasteiger partial charge in [-0.05, 0) is 61.9 Å². The Morgan fingerprint density at radius 2 is 1.78 bits per heavy atom. The molecule has 10 nitrogen and oxygen atoms in total. The van der Waals surface area contributed by atoms with Crippen LogP contribution in [-0.4, -0.2) is 81.4 Å². The van der Waals surface area contributed by atoms with Gasteiger partial charge in [0.1, 0.15) is 11.9 Å². The standard InChI is InChI=1S/C30H40N2O8S/c1-4-19(2)32(41(35,36)24-12-10-23(37-3)11-13-24)16-26(33)25(14-20-8-6-5-7-9-20)31-30(34)40-28-22-15-21-17-38-29(27(21)28)39-18-22/h5-13,19,21-22,25-29,33H,4,14-18H2,1-3H3,(H,31,34)/t19?,21?,22?,25-,26+,27?,28?,29?/m0/s1. The summed E-state index contributed by atoms with van der Waals surface area (Å²) in [7, 11) is -2.44. The molecule has 0 aromatic heterocycles. The summed E-state index contributed by atoms with van der Waals surface area (Å²) in [6.07, 6.45) is -0.794. The van der Waals surface area contributed by atoms with Crippen molar-refractivity contribution in [3.8, 4) is 5.75 Å². The number of methoxy groups -OCH3 is 1. The molecule has 2 aromatic rings. The maximum Gasteiger partial charge on any atom is 0.407 e. The van der Waals surface area contributed by atoms with E-state index in [-0.39, 0.29) is 35.7 Å². The molecule has 2 saturated heterocycles. The Kier molecular flexibility index (Phi) is 9.20. The highest BCUT2D eigenvalue weighted by molar-refractivity contribution is 7.89. The normalized spacial score (nSPS) is 27.3. The third-order valence-electron chi connectivity index (χ3n) is 8.68. The summed E-state index contributed by atoms with van der Waals surface area (Å²) in [5, 5.41) is 14.4. The van der Waals surface area contributed by atoms with Crippen LogP contribution in [0.2, 0.25) is 0 Å². The second-order valence-corrected chi connectivity index (χ2v) is 13.1. The fourth-order valence-corrected chi connectivity index (χ4v) is 7.96. The average Bonchev–Trinajstić information content (AvgIpc) is 3.47. The maximum absolute atomic E-state index is 13.7. The van der Waals surface area contributed by atoms with Crippen molar-refractivity contribution in [1.82, 2.24) is 9.62 Å². The highest BCUT2D eigenvalue weighted by Crippen LogP contribution is 2.49. The molecule has 0 spiro atoms. The summed E-state index contributed by atoms with van der Waals surface area (Å²) >= 11 is 0. The highest BCUT2D eigenvalue weighted by atomic mass is 32.2. The minimum atomic E-state index is -3.96. The molecule has 1 amide bonds. The Morgan fingerprint density at radius 1 is 1.10 bits per heavy atom. The zero-order chi connectivity index (χ0) is 29.1. The molecule has 6 unspecified atom stereocenters. The van der Waals surface area contributed by atoms with Gasteiger partial charge in [0.25, 0.3) is 0 Å². The second kappa shape index (κ2) is 12.7. The largest absolute Gasteiger partial charge is 0.497 e. The third kappa shape index (κ3) is 6.39. The smallest absolute Gasteiger partial charge is 0.407 e. The summed E-state index contributed by atoms with van der Waals surface area (Å²) in [6, 6.07) is 14.4. The van der Waals surface area contributed by atoms with Gasteiger partial charge in [-0.1, -0.05) is 37.3 Å². The fourth-order valence-electron chi connectivity index (χ4n) is 6.24. The predicted molar refractivity (Wildman–Crippen MR) is 151 cm³/mol. The lowest BCUT2D eigenvalue weighted by molar-refractivity contribution is -0.192. The van der Waals surface area contributed by atoms with Crippen molar-refractivity contribution >= 4 is 16.1 Å². The molecule has 0 radical (unpaired) electrons. The molecule has 11 heteroatoms. The molecule has 3 aliphatic rings. The van der Waals surface area contributed by atoms with Crippen molar-refractivity contribution < 1.29 is 37.3 Å². The number of carbonyl (C=O) groups excluding carboxylic acids is 1. The molecule has 2 aromatic carbocycles. The minimum Gasteiger partial charge on any atom is -0.497 e. The molecule has 3 fully saturated rings. The van der Waals surface area contributed by atoms with E-state index < -0.39 is 34.3 Å². The molecule has 5 rings (SSSR count). The zero-order valence-electron chi connectivity index (χ0n) is 23.7. The summed E-state index contributed by atoms with van der Waals surface area (Å²) in [4.78, 5) is 13.4. The van der Waals surface area contributed by atoms with Gasteiger partial charge in [-0.25, -0.2) is 13.2 Å². The Balaban J connectivity index is 1.33. The lowest BCUT2D eigenvalue weighted by Gasteiger charge is -2.35. The highest BCUT2D eigenvalue weighted by Gasteiger charge is 2.57. The SMILES string of the molecule is CCC(C)N(C[C@@H](O)[C@H](Cc1ccccc1)NC(=O)OC1C2COC3OCC(C2)C31)S(=O)(=O)c1ccc(OC)cc1. The number of hydrogen-bond donors (Lipinski definition) is 2. The van der Waals surface area contributed by atoms with Crippen molar-refractivity contribution in [2.24, 2.45) is 17.8 Å². The van der Waals surface area contributed by atoms with Crippen LogP contribution in [-0.2, 0) is 30.7 Å². The quantitative estimate of drug-likeness (QED) is 0.388. The van der Waals surface area contributed by atoms with Crippen LogP contribution in [0.1, 0.15) is 32.3 Å². The second-order valence-electron chi connectivity index (χ2n) is 11.3. The number of ether oxygens (including phenoxy) is 4. The van der Waals surface area contributed by atoms with Gasteiger partial charge in [-0.15, -0.1) is 0 Å². The number of amides is 1. The van der Waals surface area contributed by atoms with Crippen molar-refractivity contribution in [1.29, 1.82) is 0 Å². The van der Waals surface area contributed by atoms with E-state index >= 15 is 0 Å². The van der Waals surface area contributed by atoms with Gasteiger partial charge in [-0.3, -0.25) is 0 Å². The van der Waals surface area contributed by atoms with Crippen LogP contribution in [0.15, 0.2) is 59.5 Å². The van der Waals surface area contributed by atoms with Crippen molar-refractivity contribution in [3.63, 3.8) is 0 Å². The van der Waals surface area contributed by atoms with Gasteiger partial charge in [-0.2, -0.15) is 4.31 Å². The molecule has 1 saturated carbocycles. The first-order valence-electron chi connectivity index (χ1n) is 14.3. The van der Waals surface area contributed by atoms with E-state index in [2.05, 4.69) is 5.32 Å². The zero-order valence-corrected chi connectivity index (χ0v) is 24.5. The number of nitrogens with one attached hydrogen (secondary N) is 1. The maximum atomic E-state index is 13.7. The third-order valence-corrected chi connectivity index (χ3v) is 10.7. The molecular formula is C30H40N2O8S. The van der Waals surface area contributed by atoms with Crippen LogP contribution < -0.4 is 10.1 Å². The summed E-state index contributed by atoms with van der Waals surface area (Å²) < 4.78 is 51.4. The number of aliphatic hydroxyl groups is 1. The van der Waals surface area contributed by atoms with E-state index in [4.69, 9.17) is 18.9 Å². The number of alkyl carbamates (subject to hydrolysis) is 1. The number of fused-ring (bicyclic) bond motifs is 1. The number of nitrogens with zero attached hydrogens (tertiary/aromatic N) is 1. The number of aliphatic hydroxyl groups excluding tert-OH is 1. The Bertz CT molecular complexity index is 1270. The number of rotatable bonds is 12. The van der Waals surface area contributed by atoms with Crippen LogP contribution in [0.5, 0.6) is 5.75 Å². The Labute approximate surface area is 242 Å². The first-order valence-corrected chi connectivity index (χ1v) is 15.7. The molecule has 2 heterocycles. The lowest BCUT2D eigenvalue weighted by atomic mass is 9.95. The van der Waals surface area contributed by atoms with Crippen molar-refractivity contribution in [2.45, 2.75) is 68.6 Å². The summed E-state index contributed by atoms with van der Waals surface area (Å²) in [5.74, 6) is 0.974. The summed E-state index contributed by atoms with van der Waals surface area (Å²) in [5.41, 5.74) is 0.891. The molecule has 2 bridgehead atoms. The van der Waals surface area contributed by atoms with Crippen LogP contribution in [0, 0.1) is 17.8 Å². The number of benzene rings is 2. The number of sulfonamides is 1. The first-order chi connectivity index (χ1) is 19.7. The molecule has 2 N–H and O–H groups in total.